The van der Waals surface area contributed by atoms with Gasteiger partial charge in [-0.3, -0.25) is 4.90 Å². The SMILES string of the molecule is CSC1=NN(NCCCOc2cccc(CN3CCCCC3)c2)CS1. The van der Waals surface area contributed by atoms with Gasteiger partial charge in [0, 0.05) is 13.1 Å². The van der Waals surface area contributed by atoms with Crippen molar-refractivity contribution < 1.29 is 4.74 Å². The summed E-state index contributed by atoms with van der Waals surface area (Å²) in [4.78, 5) is 2.55. The zero-order chi connectivity index (χ0) is 17.3. The number of nitrogens with one attached hydrogen (secondary N) is 1. The summed E-state index contributed by atoms with van der Waals surface area (Å²) in [6.45, 7) is 5.10. The molecule has 3 rings (SSSR count). The van der Waals surface area contributed by atoms with E-state index in [2.05, 4.69) is 45.9 Å². The fourth-order valence-corrected chi connectivity index (χ4v) is 4.38. The molecule has 0 saturated carbocycles. The van der Waals surface area contributed by atoms with Gasteiger partial charge in [-0.25, -0.2) is 10.5 Å². The smallest absolute Gasteiger partial charge is 0.153 e. The van der Waals surface area contributed by atoms with E-state index >= 15 is 0 Å². The van der Waals surface area contributed by atoms with Crippen LogP contribution in [-0.2, 0) is 6.54 Å². The molecule has 25 heavy (non-hydrogen) atoms. The van der Waals surface area contributed by atoms with E-state index in [1.54, 1.807) is 23.5 Å². The fraction of sp³-hybridized carbons (Fsp3) is 0.611. The first-order valence-corrected chi connectivity index (χ1v) is 11.2. The lowest BCUT2D eigenvalue weighted by Crippen LogP contribution is -2.32. The highest BCUT2D eigenvalue weighted by atomic mass is 32.2. The standard InChI is InChI=1S/C18H28N4OS2/c1-24-18-20-22(15-25-18)19-9-6-12-23-17-8-5-7-16(13-17)14-21-10-3-2-4-11-21/h5,7-8,13,19H,2-4,6,9-12,14-15H2,1H3. The Balaban J connectivity index is 1.34. The molecule has 0 aromatic heterocycles. The van der Waals surface area contributed by atoms with Gasteiger partial charge < -0.3 is 4.74 Å². The summed E-state index contributed by atoms with van der Waals surface area (Å²) < 4.78 is 7.04. The number of likely N-dealkylation sites (tertiary alicyclic amines) is 1. The summed E-state index contributed by atoms with van der Waals surface area (Å²) in [6, 6.07) is 8.55. The number of hydrazine groups is 1. The van der Waals surface area contributed by atoms with Crippen LogP contribution in [0.2, 0.25) is 0 Å². The van der Waals surface area contributed by atoms with Gasteiger partial charge in [0.1, 0.15) is 11.6 Å². The van der Waals surface area contributed by atoms with Crippen molar-refractivity contribution in [1.29, 1.82) is 0 Å². The van der Waals surface area contributed by atoms with Crippen molar-refractivity contribution in [1.82, 2.24) is 15.4 Å². The largest absolute Gasteiger partial charge is 0.494 e. The van der Waals surface area contributed by atoms with Crippen LogP contribution in [0, 0.1) is 0 Å². The Morgan fingerprint density at radius 2 is 2.16 bits per heavy atom. The molecule has 1 fully saturated rings. The molecule has 2 aliphatic rings. The van der Waals surface area contributed by atoms with Crippen LogP contribution in [-0.4, -0.2) is 52.8 Å². The summed E-state index contributed by atoms with van der Waals surface area (Å²) in [7, 11) is 0. The molecule has 2 heterocycles. The van der Waals surface area contributed by atoms with Crippen molar-refractivity contribution in [2.45, 2.75) is 32.2 Å². The van der Waals surface area contributed by atoms with E-state index in [9.17, 15) is 0 Å². The number of hydrogen-bond acceptors (Lipinski definition) is 7. The predicted molar refractivity (Wildman–Crippen MR) is 109 cm³/mol. The highest BCUT2D eigenvalue weighted by Crippen LogP contribution is 2.22. The maximum Gasteiger partial charge on any atom is 0.153 e. The molecule has 7 heteroatoms. The third-order valence-corrected chi connectivity index (χ3v) is 6.31. The second-order valence-corrected chi connectivity index (χ2v) is 8.32. The Labute approximate surface area is 159 Å². The van der Waals surface area contributed by atoms with Crippen LogP contribution in [0.5, 0.6) is 5.75 Å². The number of piperidine rings is 1. The van der Waals surface area contributed by atoms with Crippen molar-refractivity contribution in [3.8, 4) is 5.75 Å². The summed E-state index contributed by atoms with van der Waals surface area (Å²) >= 11 is 3.46. The van der Waals surface area contributed by atoms with Crippen LogP contribution >= 0.6 is 23.5 Å². The molecule has 1 N–H and O–H groups in total. The second-order valence-electron chi connectivity index (χ2n) is 6.34. The molecule has 2 aliphatic heterocycles. The molecular weight excluding hydrogens is 352 g/mol. The van der Waals surface area contributed by atoms with Gasteiger partial charge in [0.05, 0.1) is 6.61 Å². The minimum atomic E-state index is 0.722. The van der Waals surface area contributed by atoms with E-state index in [1.807, 2.05) is 5.12 Å². The number of rotatable bonds is 8. The first-order valence-electron chi connectivity index (χ1n) is 9.04. The molecule has 0 bridgehead atoms. The van der Waals surface area contributed by atoms with Crippen molar-refractivity contribution in [3.05, 3.63) is 29.8 Å². The maximum atomic E-state index is 5.92. The van der Waals surface area contributed by atoms with Crippen molar-refractivity contribution in [3.63, 3.8) is 0 Å². The molecular formula is C18H28N4OS2. The highest BCUT2D eigenvalue weighted by Gasteiger charge is 2.13. The topological polar surface area (TPSA) is 40.1 Å². The number of hydrogen-bond donors (Lipinski definition) is 1. The quantitative estimate of drug-likeness (QED) is 0.695. The first kappa shape index (κ1) is 18.9. The Morgan fingerprint density at radius 1 is 1.28 bits per heavy atom. The molecule has 138 valence electrons. The predicted octanol–water partition coefficient (Wildman–Crippen LogP) is 3.59. The lowest BCUT2D eigenvalue weighted by atomic mass is 10.1. The molecule has 0 aliphatic carbocycles. The average Bonchev–Trinajstić information content (AvgIpc) is 3.11. The molecule has 0 unspecified atom stereocenters. The number of benzene rings is 1. The molecule has 1 aromatic rings. The lowest BCUT2D eigenvalue weighted by molar-refractivity contribution is 0.219. The molecule has 0 atom stereocenters. The van der Waals surface area contributed by atoms with Crippen LogP contribution in [0.4, 0.5) is 0 Å². The van der Waals surface area contributed by atoms with E-state index < -0.39 is 0 Å². The third-order valence-electron chi connectivity index (χ3n) is 4.32. The Kier molecular flexibility index (Phi) is 7.79. The van der Waals surface area contributed by atoms with Gasteiger partial charge in [-0.1, -0.05) is 30.3 Å². The first-order chi connectivity index (χ1) is 12.3. The number of thioether (sulfide) groups is 2. The molecule has 5 nitrogen and oxygen atoms in total. The van der Waals surface area contributed by atoms with Gasteiger partial charge in [0.25, 0.3) is 0 Å². The van der Waals surface area contributed by atoms with Gasteiger partial charge >= 0.3 is 0 Å². The summed E-state index contributed by atoms with van der Waals surface area (Å²) in [5.74, 6) is 1.86. The van der Waals surface area contributed by atoms with Crippen molar-refractivity contribution in [2.24, 2.45) is 5.10 Å². The van der Waals surface area contributed by atoms with Gasteiger partial charge in [0.15, 0.2) is 4.38 Å². The minimum absolute atomic E-state index is 0.722. The average molecular weight is 381 g/mol. The maximum absolute atomic E-state index is 5.92. The van der Waals surface area contributed by atoms with Crippen LogP contribution in [0.3, 0.4) is 0 Å². The molecule has 0 spiro atoms. The zero-order valence-electron chi connectivity index (χ0n) is 14.9. The van der Waals surface area contributed by atoms with Crippen molar-refractivity contribution in [2.75, 3.05) is 38.4 Å². The lowest BCUT2D eigenvalue weighted by Gasteiger charge is -2.26. The monoisotopic (exact) mass is 380 g/mol. The molecule has 0 amide bonds. The van der Waals surface area contributed by atoms with Crippen molar-refractivity contribution >= 4 is 27.9 Å². The number of nitrogens with zero attached hydrogens (tertiary/aromatic N) is 3. The van der Waals surface area contributed by atoms with Crippen LogP contribution in [0.1, 0.15) is 31.2 Å². The highest BCUT2D eigenvalue weighted by molar-refractivity contribution is 8.38. The molecule has 0 radical (unpaired) electrons. The van der Waals surface area contributed by atoms with Crippen LogP contribution < -0.4 is 10.2 Å². The number of ether oxygens (including phenoxy) is 1. The zero-order valence-corrected chi connectivity index (χ0v) is 16.6. The van der Waals surface area contributed by atoms with Gasteiger partial charge in [-0.2, -0.15) is 0 Å². The van der Waals surface area contributed by atoms with Gasteiger partial charge in [-0.05, 0) is 56.3 Å². The van der Waals surface area contributed by atoms with Gasteiger partial charge in [-0.15, -0.1) is 16.9 Å². The molecule has 1 saturated heterocycles. The second kappa shape index (κ2) is 10.3. The van der Waals surface area contributed by atoms with E-state index in [4.69, 9.17) is 4.74 Å². The summed E-state index contributed by atoms with van der Waals surface area (Å²) in [6.07, 6.45) is 7.07. The van der Waals surface area contributed by atoms with Gasteiger partial charge in [0.2, 0.25) is 0 Å². The van der Waals surface area contributed by atoms with E-state index in [-0.39, 0.29) is 0 Å². The van der Waals surface area contributed by atoms with Crippen LogP contribution in [0.25, 0.3) is 0 Å². The Morgan fingerprint density at radius 3 is 2.96 bits per heavy atom. The Bertz CT molecular complexity index is 564. The fourth-order valence-electron chi connectivity index (χ4n) is 3.03. The summed E-state index contributed by atoms with van der Waals surface area (Å²) in [5.41, 5.74) is 4.68. The third kappa shape index (κ3) is 6.40. The van der Waals surface area contributed by atoms with E-state index in [0.717, 1.165) is 42.1 Å². The van der Waals surface area contributed by atoms with E-state index in [1.165, 1.54) is 37.9 Å². The Hall–Kier alpha value is -0.890. The normalized spacial score (nSPS) is 18.4. The summed E-state index contributed by atoms with van der Waals surface area (Å²) in [5, 5.41) is 6.36. The van der Waals surface area contributed by atoms with E-state index in [0.29, 0.717) is 0 Å². The molecule has 1 aromatic carbocycles. The minimum Gasteiger partial charge on any atom is -0.494 e. The number of hydrazone groups is 1. The van der Waals surface area contributed by atoms with Crippen LogP contribution in [0.15, 0.2) is 29.4 Å².